The summed E-state index contributed by atoms with van der Waals surface area (Å²) in [5, 5.41) is 3.34. The molecule has 0 saturated heterocycles. The molecule has 0 atom stereocenters. The van der Waals surface area contributed by atoms with Crippen molar-refractivity contribution in [2.45, 2.75) is 33.2 Å². The van der Waals surface area contributed by atoms with E-state index in [1.807, 2.05) is 6.92 Å². The van der Waals surface area contributed by atoms with Crippen molar-refractivity contribution in [1.82, 2.24) is 5.32 Å². The van der Waals surface area contributed by atoms with E-state index in [1.165, 1.54) is 0 Å². The summed E-state index contributed by atoms with van der Waals surface area (Å²) in [6.07, 6.45) is 0. The lowest BCUT2D eigenvalue weighted by molar-refractivity contribution is 0.152. The molecule has 0 aromatic carbocycles. The molecule has 0 spiro atoms. The van der Waals surface area contributed by atoms with Crippen LogP contribution in [0.15, 0.2) is 12.2 Å². The lowest BCUT2D eigenvalue weighted by Crippen LogP contribution is -2.38. The Morgan fingerprint density at radius 2 is 2.00 bits per heavy atom. The van der Waals surface area contributed by atoms with E-state index in [0.29, 0.717) is 6.61 Å². The number of rotatable bonds is 5. The SMILES string of the molecule is C=C(C)COCCNC(C)(C)C. The first-order chi connectivity index (χ1) is 5.42. The third-order valence-corrected chi connectivity index (χ3v) is 1.25. The molecule has 12 heavy (non-hydrogen) atoms. The summed E-state index contributed by atoms with van der Waals surface area (Å²) in [5.41, 5.74) is 1.26. The van der Waals surface area contributed by atoms with Gasteiger partial charge in [-0.25, -0.2) is 0 Å². The highest BCUT2D eigenvalue weighted by atomic mass is 16.5. The number of hydrogen-bond acceptors (Lipinski definition) is 2. The third kappa shape index (κ3) is 9.66. The minimum Gasteiger partial charge on any atom is -0.376 e. The van der Waals surface area contributed by atoms with Gasteiger partial charge in [-0.3, -0.25) is 0 Å². The zero-order valence-corrected chi connectivity index (χ0v) is 8.74. The molecule has 0 aromatic rings. The van der Waals surface area contributed by atoms with E-state index < -0.39 is 0 Å². The van der Waals surface area contributed by atoms with Gasteiger partial charge in [-0.1, -0.05) is 12.2 Å². The fraction of sp³-hybridized carbons (Fsp3) is 0.800. The zero-order valence-electron chi connectivity index (χ0n) is 8.74. The summed E-state index contributed by atoms with van der Waals surface area (Å²) in [7, 11) is 0. The van der Waals surface area contributed by atoms with Crippen LogP contribution in [0.1, 0.15) is 27.7 Å². The van der Waals surface area contributed by atoms with E-state index in [-0.39, 0.29) is 5.54 Å². The van der Waals surface area contributed by atoms with Crippen molar-refractivity contribution >= 4 is 0 Å². The summed E-state index contributed by atoms with van der Waals surface area (Å²) < 4.78 is 5.33. The molecule has 0 fully saturated rings. The highest BCUT2D eigenvalue weighted by Gasteiger charge is 2.06. The van der Waals surface area contributed by atoms with Gasteiger partial charge >= 0.3 is 0 Å². The van der Waals surface area contributed by atoms with Gasteiger partial charge in [0.25, 0.3) is 0 Å². The number of nitrogens with one attached hydrogen (secondary N) is 1. The van der Waals surface area contributed by atoms with Crippen LogP contribution in [0.4, 0.5) is 0 Å². The number of ether oxygens (including phenoxy) is 1. The lowest BCUT2D eigenvalue weighted by Gasteiger charge is -2.20. The lowest BCUT2D eigenvalue weighted by atomic mass is 10.1. The van der Waals surface area contributed by atoms with Gasteiger partial charge in [-0.15, -0.1) is 0 Å². The van der Waals surface area contributed by atoms with E-state index >= 15 is 0 Å². The Labute approximate surface area is 76.0 Å². The van der Waals surface area contributed by atoms with Crippen molar-refractivity contribution in [2.24, 2.45) is 0 Å². The molecule has 0 bridgehead atoms. The first-order valence-electron chi connectivity index (χ1n) is 4.39. The Balaban J connectivity index is 3.17. The van der Waals surface area contributed by atoms with Crippen LogP contribution < -0.4 is 5.32 Å². The first-order valence-corrected chi connectivity index (χ1v) is 4.39. The van der Waals surface area contributed by atoms with E-state index in [2.05, 4.69) is 32.7 Å². The minimum absolute atomic E-state index is 0.187. The van der Waals surface area contributed by atoms with E-state index in [0.717, 1.165) is 18.7 Å². The third-order valence-electron chi connectivity index (χ3n) is 1.25. The van der Waals surface area contributed by atoms with Crippen LogP contribution in [-0.4, -0.2) is 25.3 Å². The van der Waals surface area contributed by atoms with Crippen LogP contribution in [0.25, 0.3) is 0 Å². The van der Waals surface area contributed by atoms with Crippen LogP contribution in [0.5, 0.6) is 0 Å². The summed E-state index contributed by atoms with van der Waals surface area (Å²) in [6.45, 7) is 14.5. The van der Waals surface area contributed by atoms with Gasteiger partial charge in [0, 0.05) is 12.1 Å². The van der Waals surface area contributed by atoms with Crippen LogP contribution >= 0.6 is 0 Å². The van der Waals surface area contributed by atoms with Crippen LogP contribution in [-0.2, 0) is 4.74 Å². The van der Waals surface area contributed by atoms with E-state index in [1.54, 1.807) is 0 Å². The maximum atomic E-state index is 5.33. The van der Waals surface area contributed by atoms with E-state index in [9.17, 15) is 0 Å². The average molecular weight is 171 g/mol. The van der Waals surface area contributed by atoms with Crippen LogP contribution in [0.3, 0.4) is 0 Å². The second-order valence-corrected chi connectivity index (χ2v) is 4.19. The summed E-state index contributed by atoms with van der Waals surface area (Å²) in [5.74, 6) is 0. The zero-order chi connectivity index (χ0) is 9.61. The predicted molar refractivity (Wildman–Crippen MR) is 53.4 cm³/mol. The van der Waals surface area contributed by atoms with Crippen molar-refractivity contribution in [1.29, 1.82) is 0 Å². The highest BCUT2D eigenvalue weighted by molar-refractivity contribution is 4.87. The van der Waals surface area contributed by atoms with Gasteiger partial charge < -0.3 is 10.1 Å². The molecule has 2 heteroatoms. The molecule has 0 radical (unpaired) electrons. The molecule has 0 aliphatic heterocycles. The molecule has 0 amide bonds. The molecular weight excluding hydrogens is 150 g/mol. The Kier molecular flexibility index (Phi) is 5.18. The monoisotopic (exact) mass is 171 g/mol. The maximum Gasteiger partial charge on any atom is 0.0672 e. The normalized spacial score (nSPS) is 11.7. The molecule has 0 heterocycles. The Bertz CT molecular complexity index is 135. The molecule has 0 aliphatic carbocycles. The van der Waals surface area contributed by atoms with Crippen molar-refractivity contribution in [3.63, 3.8) is 0 Å². The maximum absolute atomic E-state index is 5.33. The predicted octanol–water partition coefficient (Wildman–Crippen LogP) is 1.97. The molecule has 1 N–H and O–H groups in total. The van der Waals surface area contributed by atoms with Crippen LogP contribution in [0.2, 0.25) is 0 Å². The van der Waals surface area contributed by atoms with Crippen LogP contribution in [0, 0.1) is 0 Å². The number of hydrogen-bond donors (Lipinski definition) is 1. The standard InChI is InChI=1S/C10H21NO/c1-9(2)8-12-7-6-11-10(3,4)5/h11H,1,6-8H2,2-5H3. The van der Waals surface area contributed by atoms with Gasteiger partial charge in [0.05, 0.1) is 13.2 Å². The largest absolute Gasteiger partial charge is 0.376 e. The fourth-order valence-electron chi connectivity index (χ4n) is 0.745. The van der Waals surface area contributed by atoms with Crippen molar-refractivity contribution in [3.05, 3.63) is 12.2 Å². The highest BCUT2D eigenvalue weighted by Crippen LogP contribution is 1.97. The van der Waals surface area contributed by atoms with Gasteiger partial charge in [-0.05, 0) is 27.7 Å². The van der Waals surface area contributed by atoms with Crippen molar-refractivity contribution in [2.75, 3.05) is 19.8 Å². The Hall–Kier alpha value is -0.340. The molecule has 72 valence electrons. The topological polar surface area (TPSA) is 21.3 Å². The quantitative estimate of drug-likeness (QED) is 0.504. The summed E-state index contributed by atoms with van der Waals surface area (Å²) in [6, 6.07) is 0. The molecule has 0 rings (SSSR count). The van der Waals surface area contributed by atoms with Gasteiger partial charge in [-0.2, -0.15) is 0 Å². The first kappa shape index (κ1) is 11.7. The average Bonchev–Trinajstić information content (AvgIpc) is 1.83. The molecule has 0 unspecified atom stereocenters. The molecule has 0 saturated carbocycles. The molecule has 0 aliphatic rings. The molecule has 2 nitrogen and oxygen atoms in total. The summed E-state index contributed by atoms with van der Waals surface area (Å²) in [4.78, 5) is 0. The Morgan fingerprint density at radius 1 is 1.42 bits per heavy atom. The van der Waals surface area contributed by atoms with Crippen molar-refractivity contribution in [3.8, 4) is 0 Å². The minimum atomic E-state index is 0.187. The fourth-order valence-corrected chi connectivity index (χ4v) is 0.745. The van der Waals surface area contributed by atoms with E-state index in [4.69, 9.17) is 4.74 Å². The Morgan fingerprint density at radius 3 is 2.42 bits per heavy atom. The second kappa shape index (κ2) is 5.33. The van der Waals surface area contributed by atoms with Gasteiger partial charge in [0.2, 0.25) is 0 Å². The van der Waals surface area contributed by atoms with Gasteiger partial charge in [0.1, 0.15) is 0 Å². The smallest absolute Gasteiger partial charge is 0.0672 e. The molecule has 0 aromatic heterocycles. The molecular formula is C10H21NO. The van der Waals surface area contributed by atoms with Gasteiger partial charge in [0.15, 0.2) is 0 Å². The summed E-state index contributed by atoms with van der Waals surface area (Å²) >= 11 is 0. The van der Waals surface area contributed by atoms with Crippen molar-refractivity contribution < 1.29 is 4.74 Å². The second-order valence-electron chi connectivity index (χ2n) is 4.19.